The number of carbonyl (C=O) groups is 2. The Morgan fingerprint density at radius 2 is 1.80 bits per heavy atom. The van der Waals surface area contributed by atoms with Crippen LogP contribution in [0.25, 0.3) is 0 Å². The van der Waals surface area contributed by atoms with E-state index < -0.39 is 0 Å². The lowest BCUT2D eigenvalue weighted by Gasteiger charge is -2.27. The van der Waals surface area contributed by atoms with Gasteiger partial charge in [-0.2, -0.15) is 0 Å². The molecule has 0 bridgehead atoms. The number of halogens is 2. The van der Waals surface area contributed by atoms with Crippen molar-refractivity contribution in [1.29, 1.82) is 0 Å². The number of benzene rings is 1. The van der Waals surface area contributed by atoms with Crippen LogP contribution >= 0.6 is 23.2 Å². The summed E-state index contributed by atoms with van der Waals surface area (Å²) < 4.78 is 0. The monoisotopic (exact) mass is 388 g/mol. The van der Waals surface area contributed by atoms with E-state index in [0.717, 1.165) is 25.2 Å². The third-order valence-electron chi connectivity index (χ3n) is 3.91. The molecule has 0 atom stereocenters. The molecule has 0 saturated carbocycles. The zero-order valence-corrected chi connectivity index (χ0v) is 16.2. The fourth-order valence-corrected chi connectivity index (χ4v) is 2.63. The van der Waals surface area contributed by atoms with E-state index in [2.05, 4.69) is 24.1 Å². The van der Waals surface area contributed by atoms with Crippen molar-refractivity contribution in [2.75, 3.05) is 39.3 Å². The van der Waals surface area contributed by atoms with Gasteiger partial charge in [0.1, 0.15) is 0 Å². The quantitative estimate of drug-likeness (QED) is 0.639. The summed E-state index contributed by atoms with van der Waals surface area (Å²) in [5.74, 6) is -0.522. The largest absolute Gasteiger partial charge is 0.346 e. The first kappa shape index (κ1) is 21.7. The maximum absolute atomic E-state index is 12.5. The van der Waals surface area contributed by atoms with Gasteiger partial charge in [0.05, 0.1) is 23.1 Å². The molecule has 3 N–H and O–H groups in total. The van der Waals surface area contributed by atoms with Gasteiger partial charge in [0.25, 0.3) is 0 Å². The Hall–Kier alpha value is -1.34. The van der Waals surface area contributed by atoms with Crippen LogP contribution in [-0.2, 0) is 16.1 Å². The molecule has 2 amide bonds. The second-order valence-corrected chi connectivity index (χ2v) is 6.39. The number of rotatable bonds is 10. The number of amides is 2. The molecule has 0 radical (unpaired) electrons. The van der Waals surface area contributed by atoms with E-state index in [4.69, 9.17) is 28.9 Å². The number of hydrogen-bond acceptors (Lipinski definition) is 4. The molecule has 0 aliphatic rings. The Labute approximate surface area is 159 Å². The highest BCUT2D eigenvalue weighted by atomic mass is 35.5. The highest BCUT2D eigenvalue weighted by Crippen LogP contribution is 2.23. The Bertz CT molecular complexity index is 580. The highest BCUT2D eigenvalue weighted by molar-refractivity contribution is 6.42. The van der Waals surface area contributed by atoms with Gasteiger partial charge in [-0.25, -0.2) is 0 Å². The van der Waals surface area contributed by atoms with Crippen LogP contribution in [0.2, 0.25) is 10.0 Å². The lowest BCUT2D eigenvalue weighted by Crippen LogP contribution is -2.44. The predicted octanol–water partition coefficient (Wildman–Crippen LogP) is 1.74. The molecule has 0 aliphatic heterocycles. The topological polar surface area (TPSA) is 78.7 Å². The molecule has 0 unspecified atom stereocenters. The fraction of sp³-hybridized carbons (Fsp3) is 0.529. The summed E-state index contributed by atoms with van der Waals surface area (Å²) in [6.07, 6.45) is 0. The lowest BCUT2D eigenvalue weighted by atomic mass is 10.2. The minimum absolute atomic E-state index is 0.0738. The van der Waals surface area contributed by atoms with Gasteiger partial charge < -0.3 is 20.9 Å². The molecule has 0 spiro atoms. The summed E-state index contributed by atoms with van der Waals surface area (Å²) in [6.45, 7) is 7.48. The third kappa shape index (κ3) is 7.61. The number of nitrogens with two attached hydrogens (primary N) is 1. The van der Waals surface area contributed by atoms with E-state index in [1.807, 2.05) is 6.07 Å². The first-order valence-electron chi connectivity index (χ1n) is 8.32. The van der Waals surface area contributed by atoms with Crippen molar-refractivity contribution >= 4 is 35.0 Å². The molecule has 0 fully saturated rings. The normalized spacial score (nSPS) is 10.8. The summed E-state index contributed by atoms with van der Waals surface area (Å²) in [4.78, 5) is 27.7. The molecular weight excluding hydrogens is 363 g/mol. The van der Waals surface area contributed by atoms with Gasteiger partial charge in [-0.15, -0.1) is 0 Å². The molecule has 0 saturated heterocycles. The SMILES string of the molecule is CCN(CC)CCN(Cc1ccc(Cl)c(Cl)c1)C(=O)CNC(=O)CN. The van der Waals surface area contributed by atoms with Gasteiger partial charge in [0, 0.05) is 19.6 Å². The third-order valence-corrected chi connectivity index (χ3v) is 4.65. The summed E-state index contributed by atoms with van der Waals surface area (Å²) >= 11 is 12.0. The fourth-order valence-electron chi connectivity index (χ4n) is 2.31. The smallest absolute Gasteiger partial charge is 0.242 e. The van der Waals surface area contributed by atoms with Crippen LogP contribution in [0.4, 0.5) is 0 Å². The van der Waals surface area contributed by atoms with E-state index >= 15 is 0 Å². The van der Waals surface area contributed by atoms with E-state index in [1.54, 1.807) is 17.0 Å². The summed E-state index contributed by atoms with van der Waals surface area (Å²) in [5, 5.41) is 3.44. The van der Waals surface area contributed by atoms with Crippen molar-refractivity contribution < 1.29 is 9.59 Å². The van der Waals surface area contributed by atoms with Crippen molar-refractivity contribution in [3.63, 3.8) is 0 Å². The van der Waals surface area contributed by atoms with Crippen LogP contribution in [0.3, 0.4) is 0 Å². The summed E-state index contributed by atoms with van der Waals surface area (Å²) in [5.41, 5.74) is 6.13. The van der Waals surface area contributed by atoms with Gasteiger partial charge in [0.2, 0.25) is 11.8 Å². The van der Waals surface area contributed by atoms with Crippen LogP contribution in [0, 0.1) is 0 Å². The maximum atomic E-state index is 12.5. The van der Waals surface area contributed by atoms with Crippen molar-refractivity contribution in [1.82, 2.24) is 15.1 Å². The van der Waals surface area contributed by atoms with Crippen LogP contribution in [0.15, 0.2) is 18.2 Å². The first-order chi connectivity index (χ1) is 11.9. The number of nitrogens with one attached hydrogen (secondary N) is 1. The van der Waals surface area contributed by atoms with Crippen LogP contribution < -0.4 is 11.1 Å². The van der Waals surface area contributed by atoms with Crippen LogP contribution in [0.5, 0.6) is 0 Å². The standard InChI is InChI=1S/C17H26Cl2N4O2/c1-3-22(4-2)7-8-23(17(25)11-21-16(24)10-20)12-13-5-6-14(18)15(19)9-13/h5-6,9H,3-4,7-8,10-12,20H2,1-2H3,(H,21,24). The molecule has 1 aromatic rings. The highest BCUT2D eigenvalue weighted by Gasteiger charge is 2.16. The Morgan fingerprint density at radius 1 is 1.12 bits per heavy atom. The van der Waals surface area contributed by atoms with E-state index in [-0.39, 0.29) is 24.9 Å². The van der Waals surface area contributed by atoms with Crippen molar-refractivity contribution in [3.8, 4) is 0 Å². The number of carbonyl (C=O) groups excluding carboxylic acids is 2. The minimum Gasteiger partial charge on any atom is -0.346 e. The lowest BCUT2D eigenvalue weighted by molar-refractivity contribution is -0.133. The number of hydrogen-bond donors (Lipinski definition) is 2. The maximum Gasteiger partial charge on any atom is 0.242 e. The molecular formula is C17H26Cl2N4O2. The molecule has 0 heterocycles. The Kier molecular flexibility index (Phi) is 9.82. The predicted molar refractivity (Wildman–Crippen MR) is 102 cm³/mol. The summed E-state index contributed by atoms with van der Waals surface area (Å²) in [6, 6.07) is 5.30. The van der Waals surface area contributed by atoms with Crippen LogP contribution in [0.1, 0.15) is 19.4 Å². The zero-order chi connectivity index (χ0) is 18.8. The van der Waals surface area contributed by atoms with E-state index in [9.17, 15) is 9.59 Å². The average molecular weight is 389 g/mol. The first-order valence-corrected chi connectivity index (χ1v) is 9.07. The molecule has 6 nitrogen and oxygen atoms in total. The molecule has 0 aliphatic carbocycles. The second-order valence-electron chi connectivity index (χ2n) is 5.57. The second kappa shape index (κ2) is 11.3. The van der Waals surface area contributed by atoms with Gasteiger partial charge in [-0.3, -0.25) is 9.59 Å². The zero-order valence-electron chi connectivity index (χ0n) is 14.7. The number of nitrogens with zero attached hydrogens (tertiary/aromatic N) is 2. The van der Waals surface area contributed by atoms with Crippen molar-refractivity contribution in [2.45, 2.75) is 20.4 Å². The molecule has 25 heavy (non-hydrogen) atoms. The molecule has 8 heteroatoms. The van der Waals surface area contributed by atoms with Gasteiger partial charge >= 0.3 is 0 Å². The molecule has 1 aromatic carbocycles. The van der Waals surface area contributed by atoms with Gasteiger partial charge in [-0.1, -0.05) is 43.1 Å². The van der Waals surface area contributed by atoms with E-state index in [1.165, 1.54) is 0 Å². The average Bonchev–Trinajstić information content (AvgIpc) is 2.62. The van der Waals surface area contributed by atoms with Crippen LogP contribution in [-0.4, -0.2) is 60.9 Å². The van der Waals surface area contributed by atoms with Crippen molar-refractivity contribution in [3.05, 3.63) is 33.8 Å². The molecule has 1 rings (SSSR count). The summed E-state index contributed by atoms with van der Waals surface area (Å²) in [7, 11) is 0. The number of likely N-dealkylation sites (N-methyl/N-ethyl adjacent to an activating group) is 1. The molecule has 140 valence electrons. The minimum atomic E-state index is -0.355. The Balaban J connectivity index is 2.79. The Morgan fingerprint density at radius 3 is 2.36 bits per heavy atom. The van der Waals surface area contributed by atoms with E-state index in [0.29, 0.717) is 23.1 Å². The van der Waals surface area contributed by atoms with Crippen molar-refractivity contribution in [2.24, 2.45) is 5.73 Å². The van der Waals surface area contributed by atoms with Gasteiger partial charge in [0.15, 0.2) is 0 Å². The molecule has 0 aromatic heterocycles. The van der Waals surface area contributed by atoms with Gasteiger partial charge in [-0.05, 0) is 30.8 Å².